The second-order valence-electron chi connectivity index (χ2n) is 8.96. The first-order valence-corrected chi connectivity index (χ1v) is 11.0. The molecule has 1 fully saturated rings. The molecule has 1 atom stereocenters. The van der Waals surface area contributed by atoms with E-state index >= 15 is 0 Å². The Morgan fingerprint density at radius 2 is 2.17 bits per heavy atom. The lowest BCUT2D eigenvalue weighted by molar-refractivity contribution is 0.195. The van der Waals surface area contributed by atoms with E-state index in [-0.39, 0.29) is 0 Å². The summed E-state index contributed by atoms with van der Waals surface area (Å²) in [5.74, 6) is 1.80. The van der Waals surface area contributed by atoms with Gasteiger partial charge >= 0.3 is 0 Å². The minimum Gasteiger partial charge on any atom is -0.371 e. The lowest BCUT2D eigenvalue weighted by Crippen LogP contribution is -2.33. The van der Waals surface area contributed by atoms with E-state index in [0.717, 1.165) is 49.2 Å². The topological polar surface area (TPSA) is 36.3 Å². The van der Waals surface area contributed by atoms with Crippen molar-refractivity contribution in [3.05, 3.63) is 53.4 Å². The van der Waals surface area contributed by atoms with Gasteiger partial charge in [0.05, 0.1) is 0 Å². The Morgan fingerprint density at radius 3 is 2.93 bits per heavy atom. The van der Waals surface area contributed by atoms with Gasteiger partial charge in [-0.25, -0.2) is 0 Å². The minimum atomic E-state index is 0.789. The fraction of sp³-hybridized carbons (Fsp3) is 0.542. The molecule has 2 aliphatic heterocycles. The highest BCUT2D eigenvalue weighted by atomic mass is 15.3. The highest BCUT2D eigenvalue weighted by Crippen LogP contribution is 2.31. The largest absolute Gasteiger partial charge is 0.371 e. The monoisotopic (exact) mass is 393 g/mol. The van der Waals surface area contributed by atoms with E-state index in [1.165, 1.54) is 49.2 Å². The summed E-state index contributed by atoms with van der Waals surface area (Å²) < 4.78 is 2.29. The van der Waals surface area contributed by atoms with Crippen LogP contribution in [0.15, 0.2) is 36.5 Å². The third kappa shape index (κ3) is 4.67. The molecule has 0 radical (unpaired) electrons. The van der Waals surface area contributed by atoms with Crippen LogP contribution in [0.5, 0.6) is 0 Å². The number of nitrogens with one attached hydrogen (secondary N) is 1. The van der Waals surface area contributed by atoms with Crippen molar-refractivity contribution in [1.29, 1.82) is 0 Å². The summed E-state index contributed by atoms with van der Waals surface area (Å²) in [5.41, 5.74) is 6.24. The molecule has 0 spiro atoms. The van der Waals surface area contributed by atoms with Crippen LogP contribution < -0.4 is 5.32 Å². The Bertz CT molecular complexity index is 868. The number of likely N-dealkylation sites (tertiary alicyclic amines) is 1. The van der Waals surface area contributed by atoms with E-state index < -0.39 is 0 Å². The van der Waals surface area contributed by atoms with Gasteiger partial charge in [-0.1, -0.05) is 18.7 Å². The van der Waals surface area contributed by atoms with E-state index in [2.05, 4.69) is 71.5 Å². The second-order valence-corrected chi connectivity index (χ2v) is 8.96. The van der Waals surface area contributed by atoms with Crippen LogP contribution in [0.4, 0.5) is 11.5 Å². The molecule has 1 aromatic carbocycles. The smallest absolute Gasteiger partial charge is 0.157 e. The maximum absolute atomic E-state index is 5.05. The van der Waals surface area contributed by atoms with Crippen LogP contribution in [0.3, 0.4) is 0 Å². The molecule has 1 unspecified atom stereocenters. The van der Waals surface area contributed by atoms with Crippen LogP contribution in [-0.2, 0) is 19.5 Å². The molecule has 5 heteroatoms. The summed E-state index contributed by atoms with van der Waals surface area (Å²) in [6, 6.07) is 8.53. The first-order valence-electron chi connectivity index (χ1n) is 11.0. The van der Waals surface area contributed by atoms with Crippen molar-refractivity contribution in [2.45, 2.75) is 52.6 Å². The van der Waals surface area contributed by atoms with Crippen molar-refractivity contribution < 1.29 is 0 Å². The molecule has 156 valence electrons. The average Bonchev–Trinajstić information content (AvgIpc) is 3.03. The number of hydrogen-bond acceptors (Lipinski definition) is 4. The van der Waals surface area contributed by atoms with Gasteiger partial charge in [0, 0.05) is 55.2 Å². The van der Waals surface area contributed by atoms with Crippen molar-refractivity contribution in [2.75, 3.05) is 32.0 Å². The Morgan fingerprint density at radius 1 is 1.31 bits per heavy atom. The first kappa shape index (κ1) is 20.0. The van der Waals surface area contributed by atoms with E-state index in [0.29, 0.717) is 0 Å². The Balaban J connectivity index is 1.56. The van der Waals surface area contributed by atoms with Gasteiger partial charge in [0.25, 0.3) is 0 Å². The third-order valence-electron chi connectivity index (χ3n) is 6.43. The molecule has 0 saturated carbocycles. The van der Waals surface area contributed by atoms with Crippen molar-refractivity contribution >= 4 is 11.5 Å². The van der Waals surface area contributed by atoms with Crippen molar-refractivity contribution in [3.8, 4) is 0 Å². The molecule has 29 heavy (non-hydrogen) atoms. The third-order valence-corrected chi connectivity index (χ3v) is 6.43. The molecule has 0 bridgehead atoms. The summed E-state index contributed by atoms with van der Waals surface area (Å²) >= 11 is 0. The number of rotatable bonds is 6. The predicted molar refractivity (Wildman–Crippen MR) is 120 cm³/mol. The molecule has 5 nitrogen and oxygen atoms in total. The number of hydrogen-bond donors (Lipinski definition) is 1. The average molecular weight is 394 g/mol. The van der Waals surface area contributed by atoms with Crippen LogP contribution >= 0.6 is 0 Å². The number of anilines is 2. The SMILES string of the molecule is C=C(C)N1CCc2c(c(Nc3cccc(C)c3)nn2CCC2CCCN(C)C2)C1. The van der Waals surface area contributed by atoms with Crippen molar-refractivity contribution in [2.24, 2.45) is 5.92 Å². The maximum atomic E-state index is 5.05. The van der Waals surface area contributed by atoms with E-state index in [1.54, 1.807) is 0 Å². The Kier molecular flexibility index (Phi) is 5.95. The lowest BCUT2D eigenvalue weighted by Gasteiger charge is -2.31. The zero-order chi connectivity index (χ0) is 20.4. The summed E-state index contributed by atoms with van der Waals surface area (Å²) in [6.45, 7) is 13.8. The number of aryl methyl sites for hydroxylation is 2. The molecule has 1 aromatic heterocycles. The number of benzene rings is 1. The van der Waals surface area contributed by atoms with Gasteiger partial charge in [-0.15, -0.1) is 0 Å². The molecule has 1 N–H and O–H groups in total. The predicted octanol–water partition coefficient (Wildman–Crippen LogP) is 4.56. The van der Waals surface area contributed by atoms with E-state index in [1.807, 2.05) is 0 Å². The van der Waals surface area contributed by atoms with Gasteiger partial charge in [-0.2, -0.15) is 5.10 Å². The molecule has 0 amide bonds. The van der Waals surface area contributed by atoms with Crippen LogP contribution in [-0.4, -0.2) is 46.3 Å². The quantitative estimate of drug-likeness (QED) is 0.781. The molecular weight excluding hydrogens is 358 g/mol. The van der Waals surface area contributed by atoms with Gasteiger partial charge in [0.15, 0.2) is 5.82 Å². The fourth-order valence-corrected chi connectivity index (χ4v) is 4.78. The molecule has 2 aromatic rings. The first-order chi connectivity index (χ1) is 14.0. The highest BCUT2D eigenvalue weighted by molar-refractivity contribution is 5.61. The lowest BCUT2D eigenvalue weighted by atomic mass is 9.95. The van der Waals surface area contributed by atoms with Gasteiger partial charge < -0.3 is 15.1 Å². The molecule has 2 aliphatic rings. The minimum absolute atomic E-state index is 0.789. The molecule has 1 saturated heterocycles. The normalized spacial score (nSPS) is 19.8. The van der Waals surface area contributed by atoms with Crippen LogP contribution in [0.1, 0.15) is 43.0 Å². The second kappa shape index (κ2) is 8.62. The number of aromatic nitrogens is 2. The van der Waals surface area contributed by atoms with Gasteiger partial charge in [-0.05, 0) is 70.3 Å². The van der Waals surface area contributed by atoms with Crippen molar-refractivity contribution in [3.63, 3.8) is 0 Å². The summed E-state index contributed by atoms with van der Waals surface area (Å²) in [4.78, 5) is 4.84. The highest BCUT2D eigenvalue weighted by Gasteiger charge is 2.26. The van der Waals surface area contributed by atoms with Gasteiger partial charge in [0.1, 0.15) is 0 Å². The van der Waals surface area contributed by atoms with Gasteiger partial charge in [-0.3, -0.25) is 4.68 Å². The zero-order valence-corrected chi connectivity index (χ0v) is 18.2. The Hall–Kier alpha value is -2.27. The molecular formula is C24H35N5. The molecule has 4 rings (SSSR count). The molecule has 0 aliphatic carbocycles. The standard InChI is InChI=1S/C24H35N5/c1-18(2)28-13-11-23-22(17-28)24(25-21-9-5-7-19(3)15-21)26-29(23)14-10-20-8-6-12-27(4)16-20/h5,7,9,15,20H,1,6,8,10-14,16-17H2,2-4H3,(H,25,26). The summed E-state index contributed by atoms with van der Waals surface area (Å²) in [6.07, 6.45) is 4.93. The van der Waals surface area contributed by atoms with Crippen LogP contribution in [0.25, 0.3) is 0 Å². The fourth-order valence-electron chi connectivity index (χ4n) is 4.78. The number of allylic oxidation sites excluding steroid dienone is 1. The van der Waals surface area contributed by atoms with Crippen LogP contribution in [0, 0.1) is 12.8 Å². The number of fused-ring (bicyclic) bond motifs is 1. The van der Waals surface area contributed by atoms with Crippen LogP contribution in [0.2, 0.25) is 0 Å². The van der Waals surface area contributed by atoms with Crippen molar-refractivity contribution in [1.82, 2.24) is 19.6 Å². The molecule has 3 heterocycles. The number of nitrogens with zero attached hydrogens (tertiary/aromatic N) is 4. The van der Waals surface area contributed by atoms with E-state index in [4.69, 9.17) is 5.10 Å². The zero-order valence-electron chi connectivity index (χ0n) is 18.2. The summed E-state index contributed by atoms with van der Waals surface area (Å²) in [5, 5.41) is 8.65. The van der Waals surface area contributed by atoms with Gasteiger partial charge in [0.2, 0.25) is 0 Å². The number of piperidine rings is 1. The maximum Gasteiger partial charge on any atom is 0.157 e. The Labute approximate surface area is 175 Å². The van der Waals surface area contributed by atoms with E-state index in [9.17, 15) is 0 Å². The summed E-state index contributed by atoms with van der Waals surface area (Å²) in [7, 11) is 2.25.